The number of nitriles is 1. The van der Waals surface area contributed by atoms with Crippen LogP contribution in [0.5, 0.6) is 0 Å². The highest BCUT2D eigenvalue weighted by Crippen LogP contribution is 2.09. The Bertz CT molecular complexity index is 220. The molecule has 0 spiro atoms. The number of hydrogen-bond donors (Lipinski definition) is 1. The first kappa shape index (κ1) is 12.9. The zero-order valence-electron chi connectivity index (χ0n) is 9.16. The number of nitrogens with two attached hydrogens (primary N) is 1. The van der Waals surface area contributed by atoms with Gasteiger partial charge in [0.25, 0.3) is 0 Å². The molecule has 1 atom stereocenters. The highest BCUT2D eigenvalue weighted by Gasteiger charge is 2.23. The fraction of sp³-hybridized carbons (Fsp3) is 0.800. The van der Waals surface area contributed by atoms with Gasteiger partial charge in [-0.3, -0.25) is 9.69 Å². The van der Waals surface area contributed by atoms with Gasteiger partial charge in [0.15, 0.2) is 0 Å². The fourth-order valence-corrected chi connectivity index (χ4v) is 1.55. The summed E-state index contributed by atoms with van der Waals surface area (Å²) in [5.41, 5.74) is 5.29. The molecule has 14 heavy (non-hydrogen) atoms. The summed E-state index contributed by atoms with van der Waals surface area (Å²) in [6, 6.07) is 2.07. The lowest BCUT2D eigenvalue weighted by molar-refractivity contribution is -0.124. The molecule has 0 saturated carbocycles. The number of carbonyl (C=O) groups excluding carboxylic acids is 1. The standard InChI is InChI=1S/C10H19N3O/c1-4-9(10(12)14)13(8(2)3)7-5-6-11/h8-9H,4-5,7H2,1-3H3,(H2,12,14). The van der Waals surface area contributed by atoms with Gasteiger partial charge >= 0.3 is 0 Å². The van der Waals surface area contributed by atoms with Crippen LogP contribution in [0.2, 0.25) is 0 Å². The van der Waals surface area contributed by atoms with Crippen molar-refractivity contribution in [1.29, 1.82) is 5.26 Å². The maximum atomic E-state index is 11.1. The summed E-state index contributed by atoms with van der Waals surface area (Å²) in [6.07, 6.45) is 1.13. The summed E-state index contributed by atoms with van der Waals surface area (Å²) >= 11 is 0. The number of amides is 1. The van der Waals surface area contributed by atoms with Gasteiger partial charge in [0.2, 0.25) is 5.91 Å². The van der Waals surface area contributed by atoms with E-state index in [1.807, 2.05) is 25.7 Å². The monoisotopic (exact) mass is 197 g/mol. The fourth-order valence-electron chi connectivity index (χ4n) is 1.55. The number of primary amides is 1. The Morgan fingerprint density at radius 3 is 2.43 bits per heavy atom. The van der Waals surface area contributed by atoms with Crippen LogP contribution < -0.4 is 5.73 Å². The molecule has 0 radical (unpaired) electrons. The van der Waals surface area contributed by atoms with E-state index < -0.39 is 0 Å². The van der Waals surface area contributed by atoms with Crippen molar-refractivity contribution in [3.63, 3.8) is 0 Å². The average molecular weight is 197 g/mol. The van der Waals surface area contributed by atoms with Gasteiger partial charge in [-0.15, -0.1) is 0 Å². The topological polar surface area (TPSA) is 70.1 Å². The van der Waals surface area contributed by atoms with Gasteiger partial charge in [0.1, 0.15) is 0 Å². The minimum absolute atomic E-state index is 0.237. The molecule has 1 amide bonds. The molecule has 2 N–H and O–H groups in total. The summed E-state index contributed by atoms with van der Waals surface area (Å²) in [7, 11) is 0. The highest BCUT2D eigenvalue weighted by molar-refractivity contribution is 5.79. The Labute approximate surface area is 85.7 Å². The Kier molecular flexibility index (Phi) is 5.89. The van der Waals surface area contributed by atoms with E-state index in [0.29, 0.717) is 19.4 Å². The molecular formula is C10H19N3O. The normalized spacial score (nSPS) is 12.9. The maximum absolute atomic E-state index is 11.1. The average Bonchev–Trinajstić information content (AvgIpc) is 2.10. The van der Waals surface area contributed by atoms with Crippen LogP contribution in [0.25, 0.3) is 0 Å². The SMILES string of the molecule is CCC(C(N)=O)N(CCC#N)C(C)C. The summed E-state index contributed by atoms with van der Waals surface area (Å²) < 4.78 is 0. The van der Waals surface area contributed by atoms with Crippen molar-refractivity contribution in [2.75, 3.05) is 6.54 Å². The van der Waals surface area contributed by atoms with Gasteiger partial charge in [0, 0.05) is 19.0 Å². The van der Waals surface area contributed by atoms with Crippen molar-refractivity contribution >= 4 is 5.91 Å². The first-order chi connectivity index (χ1) is 6.54. The van der Waals surface area contributed by atoms with Crippen molar-refractivity contribution in [1.82, 2.24) is 4.90 Å². The van der Waals surface area contributed by atoms with Crippen LogP contribution in [-0.2, 0) is 4.79 Å². The number of hydrogen-bond acceptors (Lipinski definition) is 3. The Hall–Kier alpha value is -1.08. The number of nitrogens with zero attached hydrogens (tertiary/aromatic N) is 2. The van der Waals surface area contributed by atoms with Crippen LogP contribution in [0.4, 0.5) is 0 Å². The van der Waals surface area contributed by atoms with E-state index in [2.05, 4.69) is 6.07 Å². The van der Waals surface area contributed by atoms with Gasteiger partial charge in [-0.1, -0.05) is 6.92 Å². The third kappa shape index (κ3) is 3.75. The molecule has 0 bridgehead atoms. The third-order valence-electron chi connectivity index (χ3n) is 2.26. The Morgan fingerprint density at radius 1 is 1.57 bits per heavy atom. The Morgan fingerprint density at radius 2 is 2.14 bits per heavy atom. The second-order valence-electron chi connectivity index (χ2n) is 3.57. The minimum Gasteiger partial charge on any atom is -0.368 e. The lowest BCUT2D eigenvalue weighted by Gasteiger charge is -2.31. The predicted molar refractivity (Wildman–Crippen MR) is 55.3 cm³/mol. The molecular weight excluding hydrogens is 178 g/mol. The zero-order valence-corrected chi connectivity index (χ0v) is 9.16. The third-order valence-corrected chi connectivity index (χ3v) is 2.26. The van der Waals surface area contributed by atoms with Gasteiger partial charge in [0.05, 0.1) is 12.1 Å². The molecule has 80 valence electrons. The van der Waals surface area contributed by atoms with Crippen molar-refractivity contribution in [3.8, 4) is 6.07 Å². The number of rotatable bonds is 6. The van der Waals surface area contributed by atoms with Gasteiger partial charge in [-0.05, 0) is 20.3 Å². The first-order valence-electron chi connectivity index (χ1n) is 4.96. The molecule has 0 saturated heterocycles. The van der Waals surface area contributed by atoms with Crippen LogP contribution in [0.1, 0.15) is 33.6 Å². The van der Waals surface area contributed by atoms with Crippen LogP contribution in [0.3, 0.4) is 0 Å². The van der Waals surface area contributed by atoms with E-state index in [9.17, 15) is 4.79 Å². The first-order valence-corrected chi connectivity index (χ1v) is 4.96. The van der Waals surface area contributed by atoms with Gasteiger partial charge in [-0.2, -0.15) is 5.26 Å². The van der Waals surface area contributed by atoms with Crippen LogP contribution in [-0.4, -0.2) is 29.4 Å². The van der Waals surface area contributed by atoms with Crippen molar-refractivity contribution in [2.45, 2.75) is 45.7 Å². The summed E-state index contributed by atoms with van der Waals surface area (Å²) in [4.78, 5) is 13.1. The van der Waals surface area contributed by atoms with E-state index in [1.165, 1.54) is 0 Å². The molecule has 0 aliphatic carbocycles. The lowest BCUT2D eigenvalue weighted by Crippen LogP contribution is -2.48. The number of carbonyl (C=O) groups is 1. The van der Waals surface area contributed by atoms with E-state index in [1.54, 1.807) is 0 Å². The quantitative estimate of drug-likeness (QED) is 0.687. The second-order valence-corrected chi connectivity index (χ2v) is 3.57. The summed E-state index contributed by atoms with van der Waals surface area (Å²) in [5.74, 6) is -0.306. The zero-order chi connectivity index (χ0) is 11.1. The van der Waals surface area contributed by atoms with Crippen molar-refractivity contribution < 1.29 is 4.79 Å². The van der Waals surface area contributed by atoms with Crippen LogP contribution in [0.15, 0.2) is 0 Å². The molecule has 0 rings (SSSR count). The molecule has 1 unspecified atom stereocenters. The lowest BCUT2D eigenvalue weighted by atomic mass is 10.1. The largest absolute Gasteiger partial charge is 0.368 e. The smallest absolute Gasteiger partial charge is 0.234 e. The molecule has 0 aromatic carbocycles. The van der Waals surface area contributed by atoms with Gasteiger partial charge < -0.3 is 5.73 Å². The molecule has 4 nitrogen and oxygen atoms in total. The van der Waals surface area contributed by atoms with Crippen LogP contribution >= 0.6 is 0 Å². The molecule has 0 fully saturated rings. The van der Waals surface area contributed by atoms with Crippen LogP contribution in [0, 0.1) is 11.3 Å². The van der Waals surface area contributed by atoms with Gasteiger partial charge in [-0.25, -0.2) is 0 Å². The van der Waals surface area contributed by atoms with Crippen molar-refractivity contribution in [2.24, 2.45) is 5.73 Å². The summed E-state index contributed by atoms with van der Waals surface area (Å²) in [5, 5.41) is 8.50. The van der Waals surface area contributed by atoms with Crippen molar-refractivity contribution in [3.05, 3.63) is 0 Å². The molecule has 0 aromatic rings. The molecule has 0 aliphatic rings. The van der Waals surface area contributed by atoms with E-state index >= 15 is 0 Å². The molecule has 0 aliphatic heterocycles. The minimum atomic E-state index is -0.306. The van der Waals surface area contributed by atoms with E-state index in [4.69, 9.17) is 11.0 Å². The molecule has 4 heteroatoms. The molecule has 0 aromatic heterocycles. The molecule has 0 heterocycles. The predicted octanol–water partition coefficient (Wildman–Crippen LogP) is 0.874. The van der Waals surface area contributed by atoms with E-state index in [-0.39, 0.29) is 18.0 Å². The van der Waals surface area contributed by atoms with E-state index in [0.717, 1.165) is 0 Å². The Balaban J connectivity index is 4.45. The maximum Gasteiger partial charge on any atom is 0.234 e. The highest BCUT2D eigenvalue weighted by atomic mass is 16.1. The second kappa shape index (κ2) is 6.39. The summed E-state index contributed by atoms with van der Waals surface area (Å²) in [6.45, 7) is 6.54.